The molecule has 38 heavy (non-hydrogen) atoms. The quantitative estimate of drug-likeness (QED) is 0.238. The number of rotatable bonds is 14. The van der Waals surface area contributed by atoms with Crippen molar-refractivity contribution < 1.29 is 48.7 Å². The standard InChI is InChI=1S/C24H36N4O10/c29-18-36-16-27-9-7-25(13-21(31)15-38-22-3-1-20(2-4-22)24(34)35)5-6-26(14-23(32)33)8-10-28(12-11-27)17-37-19-30/h1-4,18-19,21,31H,5-17H2,(H,32,33)(H,34,35). The SMILES string of the molecule is O=COCN1CCN(COC=O)CCN(CC(O)COc2ccc(C(=O)O)cc2)CCN(CC(=O)O)CC1. The van der Waals surface area contributed by atoms with Crippen molar-refractivity contribution in [1.82, 2.24) is 19.6 Å². The van der Waals surface area contributed by atoms with Crippen LogP contribution in [-0.2, 0) is 23.9 Å². The molecule has 0 amide bonds. The summed E-state index contributed by atoms with van der Waals surface area (Å²) in [5.74, 6) is -1.58. The minimum absolute atomic E-state index is 0.0224. The van der Waals surface area contributed by atoms with Crippen LogP contribution in [0.1, 0.15) is 10.4 Å². The Hall–Kier alpha value is -3.30. The minimum Gasteiger partial charge on any atom is -0.491 e. The van der Waals surface area contributed by atoms with Gasteiger partial charge in [0.1, 0.15) is 31.9 Å². The van der Waals surface area contributed by atoms with Crippen LogP contribution >= 0.6 is 0 Å². The third kappa shape index (κ3) is 12.3. The second-order valence-corrected chi connectivity index (χ2v) is 8.78. The minimum atomic E-state index is -1.04. The molecule has 0 aliphatic carbocycles. The van der Waals surface area contributed by atoms with Crippen molar-refractivity contribution in [3.63, 3.8) is 0 Å². The number of benzene rings is 1. The first-order valence-corrected chi connectivity index (χ1v) is 12.2. The van der Waals surface area contributed by atoms with E-state index >= 15 is 0 Å². The van der Waals surface area contributed by atoms with E-state index in [0.717, 1.165) is 0 Å². The molecule has 0 aromatic heterocycles. The van der Waals surface area contributed by atoms with Crippen molar-refractivity contribution in [1.29, 1.82) is 0 Å². The van der Waals surface area contributed by atoms with E-state index in [1.54, 1.807) is 4.90 Å². The number of β-amino-alcohol motifs (C(OH)–C–C–N with tert-alkyl or cyclic N) is 1. The van der Waals surface area contributed by atoms with Gasteiger partial charge in [0.15, 0.2) is 0 Å². The summed E-state index contributed by atoms with van der Waals surface area (Å²) in [6.45, 7) is 4.68. The average Bonchev–Trinajstić information content (AvgIpc) is 2.89. The molecule has 1 unspecified atom stereocenters. The largest absolute Gasteiger partial charge is 0.491 e. The molecule has 1 aliphatic heterocycles. The van der Waals surface area contributed by atoms with Gasteiger partial charge in [0.05, 0.1) is 12.1 Å². The van der Waals surface area contributed by atoms with Gasteiger partial charge >= 0.3 is 11.9 Å². The number of hydrogen-bond acceptors (Lipinski definition) is 12. The number of nitrogens with zero attached hydrogens (tertiary/aromatic N) is 4. The van der Waals surface area contributed by atoms with E-state index in [-0.39, 0.29) is 38.7 Å². The van der Waals surface area contributed by atoms with Crippen molar-refractivity contribution in [2.75, 3.05) is 85.5 Å². The highest BCUT2D eigenvalue weighted by atomic mass is 16.5. The monoisotopic (exact) mass is 540 g/mol. The molecule has 0 radical (unpaired) electrons. The first-order valence-electron chi connectivity index (χ1n) is 12.2. The molecule has 0 spiro atoms. The molecule has 2 rings (SSSR count). The smallest absolute Gasteiger partial charge is 0.335 e. The number of hydrogen-bond donors (Lipinski definition) is 3. The van der Waals surface area contributed by atoms with Crippen molar-refractivity contribution in [2.24, 2.45) is 0 Å². The fourth-order valence-electron chi connectivity index (χ4n) is 3.88. The van der Waals surface area contributed by atoms with E-state index in [4.69, 9.17) is 19.3 Å². The zero-order valence-electron chi connectivity index (χ0n) is 21.2. The molecule has 1 saturated heterocycles. The van der Waals surface area contributed by atoms with Gasteiger partial charge in [-0.05, 0) is 24.3 Å². The van der Waals surface area contributed by atoms with Crippen LogP contribution in [0.4, 0.5) is 0 Å². The summed E-state index contributed by atoms with van der Waals surface area (Å²) in [6, 6.07) is 5.87. The van der Waals surface area contributed by atoms with E-state index in [2.05, 4.69) is 0 Å². The van der Waals surface area contributed by atoms with Crippen LogP contribution in [0.5, 0.6) is 5.75 Å². The van der Waals surface area contributed by atoms with Crippen molar-refractivity contribution in [3.8, 4) is 5.75 Å². The maximum Gasteiger partial charge on any atom is 0.335 e. The Labute approximate surface area is 220 Å². The van der Waals surface area contributed by atoms with Crippen molar-refractivity contribution >= 4 is 24.9 Å². The number of aliphatic hydroxyl groups excluding tert-OH is 1. The lowest BCUT2D eigenvalue weighted by Gasteiger charge is -2.33. The molecule has 14 nitrogen and oxygen atoms in total. The van der Waals surface area contributed by atoms with E-state index < -0.39 is 18.0 Å². The third-order valence-corrected chi connectivity index (χ3v) is 5.95. The van der Waals surface area contributed by atoms with Gasteiger partial charge in [0, 0.05) is 58.9 Å². The molecule has 14 heteroatoms. The summed E-state index contributed by atoms with van der Waals surface area (Å²) in [5, 5.41) is 29.0. The lowest BCUT2D eigenvalue weighted by Crippen LogP contribution is -2.49. The Kier molecular flexibility index (Phi) is 14.0. The number of aliphatic hydroxyl groups is 1. The normalized spacial score (nSPS) is 17.9. The zero-order chi connectivity index (χ0) is 27.8. The summed E-state index contributed by atoms with van der Waals surface area (Å²) >= 11 is 0. The average molecular weight is 541 g/mol. The molecule has 1 fully saturated rings. The molecule has 212 valence electrons. The first kappa shape index (κ1) is 30.9. The van der Waals surface area contributed by atoms with Crippen LogP contribution in [0.25, 0.3) is 0 Å². The maximum absolute atomic E-state index is 11.4. The summed E-state index contributed by atoms with van der Waals surface area (Å²) in [6.07, 6.45) is -0.870. The molecule has 0 bridgehead atoms. The van der Waals surface area contributed by atoms with E-state index in [1.165, 1.54) is 24.3 Å². The first-order chi connectivity index (χ1) is 18.3. The molecule has 1 aliphatic rings. The van der Waals surface area contributed by atoms with Crippen LogP contribution in [0.3, 0.4) is 0 Å². The number of carboxylic acid groups (broad SMARTS) is 2. The van der Waals surface area contributed by atoms with Gasteiger partial charge in [0.2, 0.25) is 0 Å². The lowest BCUT2D eigenvalue weighted by molar-refractivity contribution is -0.139. The molecule has 1 atom stereocenters. The fourth-order valence-corrected chi connectivity index (χ4v) is 3.88. The number of carboxylic acids is 2. The highest BCUT2D eigenvalue weighted by molar-refractivity contribution is 5.87. The van der Waals surface area contributed by atoms with Crippen molar-refractivity contribution in [2.45, 2.75) is 6.10 Å². The van der Waals surface area contributed by atoms with Crippen LogP contribution < -0.4 is 4.74 Å². The highest BCUT2D eigenvalue weighted by Crippen LogP contribution is 2.13. The number of ether oxygens (including phenoxy) is 3. The molecular formula is C24H36N4O10. The molecule has 1 heterocycles. The Morgan fingerprint density at radius 2 is 1.26 bits per heavy atom. The summed E-state index contributed by atoms with van der Waals surface area (Å²) in [7, 11) is 0. The van der Waals surface area contributed by atoms with Gasteiger partial charge in [-0.25, -0.2) is 4.79 Å². The van der Waals surface area contributed by atoms with Crippen LogP contribution in [0, 0.1) is 0 Å². The van der Waals surface area contributed by atoms with E-state index in [9.17, 15) is 29.4 Å². The highest BCUT2D eigenvalue weighted by Gasteiger charge is 2.20. The van der Waals surface area contributed by atoms with Crippen molar-refractivity contribution in [3.05, 3.63) is 29.8 Å². The number of carbonyl (C=O) groups excluding carboxylic acids is 2. The number of aromatic carboxylic acids is 1. The van der Waals surface area contributed by atoms with Gasteiger partial charge in [-0.15, -0.1) is 0 Å². The third-order valence-electron chi connectivity index (χ3n) is 5.95. The molecule has 0 saturated carbocycles. The Bertz CT molecular complexity index is 872. The Morgan fingerprint density at radius 3 is 1.71 bits per heavy atom. The second-order valence-electron chi connectivity index (χ2n) is 8.78. The number of carbonyl (C=O) groups is 4. The van der Waals surface area contributed by atoms with Gasteiger partial charge in [-0.3, -0.25) is 34.0 Å². The lowest BCUT2D eigenvalue weighted by atomic mass is 10.2. The molecule has 1 aromatic rings. The van der Waals surface area contributed by atoms with E-state index in [1.807, 2.05) is 14.7 Å². The fraction of sp³-hybridized carbons (Fsp3) is 0.583. The number of aliphatic carboxylic acids is 1. The summed E-state index contributed by atoms with van der Waals surface area (Å²) in [4.78, 5) is 51.4. The van der Waals surface area contributed by atoms with Crippen LogP contribution in [0.2, 0.25) is 0 Å². The van der Waals surface area contributed by atoms with E-state index in [0.29, 0.717) is 71.1 Å². The molecule has 1 aromatic carbocycles. The van der Waals surface area contributed by atoms with Crippen LogP contribution in [-0.4, -0.2) is 151 Å². The van der Waals surface area contributed by atoms with Gasteiger partial charge in [-0.1, -0.05) is 0 Å². The Balaban J connectivity index is 2.03. The second kappa shape index (κ2) is 17.3. The predicted molar refractivity (Wildman–Crippen MR) is 133 cm³/mol. The van der Waals surface area contributed by atoms with Gasteiger partial charge in [-0.2, -0.15) is 0 Å². The van der Waals surface area contributed by atoms with Gasteiger partial charge in [0.25, 0.3) is 12.9 Å². The van der Waals surface area contributed by atoms with Gasteiger partial charge < -0.3 is 29.5 Å². The molecule has 3 N–H and O–H groups in total. The maximum atomic E-state index is 11.4. The summed E-state index contributed by atoms with van der Waals surface area (Å²) in [5.41, 5.74) is 0.130. The zero-order valence-corrected chi connectivity index (χ0v) is 21.2. The predicted octanol–water partition coefficient (Wildman–Crippen LogP) is -1.31. The molecular weight excluding hydrogens is 504 g/mol. The Morgan fingerprint density at radius 1 is 0.789 bits per heavy atom. The summed E-state index contributed by atoms with van der Waals surface area (Å²) < 4.78 is 15.4. The topological polar surface area (TPSA) is 170 Å². The van der Waals surface area contributed by atoms with Crippen LogP contribution in [0.15, 0.2) is 24.3 Å².